The summed E-state index contributed by atoms with van der Waals surface area (Å²) in [7, 11) is 0. The molecule has 2 nitrogen and oxygen atoms in total. The molecule has 0 N–H and O–H groups in total. The van der Waals surface area contributed by atoms with Gasteiger partial charge < -0.3 is 4.74 Å². The van der Waals surface area contributed by atoms with E-state index in [1.807, 2.05) is 24.3 Å². The van der Waals surface area contributed by atoms with E-state index < -0.39 is 17.8 Å². The summed E-state index contributed by atoms with van der Waals surface area (Å²) in [6.45, 7) is 10.7. The number of ether oxygens (including phenoxy) is 1. The average Bonchev–Trinajstić information content (AvgIpc) is 2.90. The molecule has 1 heterocycles. The van der Waals surface area contributed by atoms with Crippen LogP contribution in [0.3, 0.4) is 0 Å². The molecule has 1 aliphatic heterocycles. The third-order valence-corrected chi connectivity index (χ3v) is 4.61. The van der Waals surface area contributed by atoms with Crippen LogP contribution in [0.1, 0.15) is 69.4 Å². The van der Waals surface area contributed by atoms with Crippen molar-refractivity contribution in [1.82, 2.24) is 0 Å². The lowest BCUT2D eigenvalue weighted by Crippen LogP contribution is -2.26. The first-order chi connectivity index (χ1) is 12.9. The number of aliphatic imine (C=N–C) groups is 1. The summed E-state index contributed by atoms with van der Waals surface area (Å²) in [4.78, 5) is 4.88. The highest BCUT2D eigenvalue weighted by Gasteiger charge is 2.35. The Kier molecular flexibility index (Phi) is 5.07. The molecule has 28 heavy (non-hydrogen) atoms. The molecule has 1 atom stereocenters. The van der Waals surface area contributed by atoms with Crippen molar-refractivity contribution < 1.29 is 17.9 Å². The van der Waals surface area contributed by atoms with Crippen LogP contribution in [0.15, 0.2) is 53.5 Å². The molecule has 3 rings (SSSR count). The van der Waals surface area contributed by atoms with Crippen LogP contribution in [-0.4, -0.2) is 11.4 Å². The lowest BCUT2D eigenvalue weighted by molar-refractivity contribution is -0.137. The average molecular weight is 389 g/mol. The van der Waals surface area contributed by atoms with E-state index in [-0.39, 0.29) is 11.0 Å². The second kappa shape index (κ2) is 6.94. The molecule has 150 valence electrons. The van der Waals surface area contributed by atoms with Gasteiger partial charge in [-0.05, 0) is 49.4 Å². The number of alkyl halides is 3. The Morgan fingerprint density at radius 3 is 2.07 bits per heavy atom. The highest BCUT2D eigenvalue weighted by Crippen LogP contribution is 2.39. The minimum absolute atomic E-state index is 0.110. The van der Waals surface area contributed by atoms with Crippen LogP contribution < -0.4 is 0 Å². The lowest BCUT2D eigenvalue weighted by Gasteiger charge is -2.29. The second-order valence-electron chi connectivity index (χ2n) is 9.17. The second-order valence-corrected chi connectivity index (χ2v) is 9.17. The van der Waals surface area contributed by atoms with Gasteiger partial charge in [0.25, 0.3) is 0 Å². The van der Waals surface area contributed by atoms with Crippen LogP contribution in [-0.2, 0) is 10.9 Å². The molecule has 0 amide bonds. The molecule has 0 bridgehead atoms. The fraction of sp³-hybridized carbons (Fsp3) is 0.435. The maximum Gasteiger partial charge on any atom is 0.416 e. The topological polar surface area (TPSA) is 21.6 Å². The Balaban J connectivity index is 1.96. The third-order valence-electron chi connectivity index (χ3n) is 4.61. The minimum atomic E-state index is -4.35. The predicted octanol–water partition coefficient (Wildman–Crippen LogP) is 6.79. The quantitative estimate of drug-likeness (QED) is 0.566. The largest absolute Gasteiger partial charge is 0.464 e. The summed E-state index contributed by atoms with van der Waals surface area (Å²) in [6.07, 6.45) is -3.93. The maximum absolute atomic E-state index is 12.9. The van der Waals surface area contributed by atoms with Crippen molar-refractivity contribution in [2.24, 2.45) is 10.4 Å². The van der Waals surface area contributed by atoms with E-state index >= 15 is 0 Å². The molecule has 0 aliphatic carbocycles. The predicted molar refractivity (Wildman–Crippen MR) is 106 cm³/mol. The summed E-state index contributed by atoms with van der Waals surface area (Å²) >= 11 is 0. The summed E-state index contributed by atoms with van der Waals surface area (Å²) in [6, 6.07) is 12.9. The van der Waals surface area contributed by atoms with Crippen molar-refractivity contribution in [2.75, 3.05) is 0 Å². The highest BCUT2D eigenvalue weighted by atomic mass is 19.4. The van der Waals surface area contributed by atoms with Crippen molar-refractivity contribution in [2.45, 2.75) is 58.9 Å². The van der Waals surface area contributed by atoms with Gasteiger partial charge in [-0.3, -0.25) is 0 Å². The number of hydrogen-bond donors (Lipinski definition) is 0. The van der Waals surface area contributed by atoms with Crippen molar-refractivity contribution in [3.8, 4) is 0 Å². The van der Waals surface area contributed by atoms with Crippen LogP contribution >= 0.6 is 0 Å². The van der Waals surface area contributed by atoms with Crippen molar-refractivity contribution >= 4 is 5.90 Å². The fourth-order valence-corrected chi connectivity index (χ4v) is 3.95. The Morgan fingerprint density at radius 1 is 0.893 bits per heavy atom. The third kappa shape index (κ3) is 4.57. The maximum atomic E-state index is 12.9. The smallest absolute Gasteiger partial charge is 0.416 e. The zero-order valence-corrected chi connectivity index (χ0v) is 16.9. The van der Waals surface area contributed by atoms with E-state index in [0.29, 0.717) is 11.5 Å². The van der Waals surface area contributed by atoms with Crippen molar-refractivity contribution in [3.05, 3.63) is 70.8 Å². The first-order valence-corrected chi connectivity index (χ1v) is 9.39. The van der Waals surface area contributed by atoms with Gasteiger partial charge in [-0.15, -0.1) is 0 Å². The number of fused-ring (bicyclic) bond motifs is 1. The number of nitrogens with zero attached hydrogens (tertiary/aromatic N) is 1. The van der Waals surface area contributed by atoms with E-state index in [1.54, 1.807) is 0 Å². The molecule has 0 aromatic heterocycles. The van der Waals surface area contributed by atoms with Gasteiger partial charge in [0.15, 0.2) is 6.10 Å². The van der Waals surface area contributed by atoms with Crippen LogP contribution in [0.4, 0.5) is 13.2 Å². The minimum Gasteiger partial charge on any atom is -0.464 e. The zero-order chi connectivity index (χ0) is 20.7. The van der Waals surface area contributed by atoms with Gasteiger partial charge >= 0.3 is 6.18 Å². The molecular weight excluding hydrogens is 363 g/mol. The molecule has 0 fully saturated rings. The normalized spacial score (nSPS) is 18.9. The monoisotopic (exact) mass is 389 g/mol. The molecule has 1 aliphatic rings. The Labute approximate surface area is 164 Å². The first-order valence-electron chi connectivity index (χ1n) is 9.39. The number of benzene rings is 2. The Hall–Kier alpha value is -2.30. The van der Waals surface area contributed by atoms with Gasteiger partial charge in [-0.1, -0.05) is 51.1 Å². The Bertz CT molecular complexity index is 874. The van der Waals surface area contributed by atoms with Crippen LogP contribution in [0.2, 0.25) is 0 Å². The number of hydrogen-bond acceptors (Lipinski definition) is 2. The van der Waals surface area contributed by atoms with Crippen molar-refractivity contribution in [3.63, 3.8) is 0 Å². The molecule has 2 aromatic carbocycles. The van der Waals surface area contributed by atoms with E-state index in [0.717, 1.165) is 29.7 Å². The number of halogens is 3. The summed E-state index contributed by atoms with van der Waals surface area (Å²) in [5.41, 5.74) is 1.62. The van der Waals surface area contributed by atoms with E-state index in [1.165, 1.54) is 12.1 Å². The summed E-state index contributed by atoms with van der Waals surface area (Å²) in [5, 5.41) is 0. The molecule has 0 radical (unpaired) electrons. The highest BCUT2D eigenvalue weighted by molar-refractivity contribution is 5.99. The van der Waals surface area contributed by atoms with E-state index in [2.05, 4.69) is 34.6 Å². The molecule has 0 spiro atoms. The van der Waals surface area contributed by atoms with Crippen LogP contribution in [0.25, 0.3) is 0 Å². The molecule has 1 unspecified atom stereocenters. The SMILES string of the molecule is CC(C)(C)CC(C)(C)N=C1OC(c2ccc(C(F)(F)F)cc2)c2ccccc21. The molecule has 0 saturated heterocycles. The van der Waals surface area contributed by atoms with E-state index in [9.17, 15) is 13.2 Å². The standard InChI is InChI=1S/C23H26F3NO/c1-21(2,3)14-22(4,5)27-20-18-9-7-6-8-17(18)19(28-20)15-10-12-16(13-11-15)23(24,25)26/h6-13,19H,14H2,1-5H3. The van der Waals surface area contributed by atoms with Gasteiger partial charge in [0.05, 0.1) is 11.1 Å². The Morgan fingerprint density at radius 2 is 1.50 bits per heavy atom. The number of rotatable bonds is 3. The molecule has 5 heteroatoms. The molecule has 2 aromatic rings. The summed E-state index contributed by atoms with van der Waals surface area (Å²) < 4.78 is 44.8. The van der Waals surface area contributed by atoms with Gasteiger partial charge in [0.2, 0.25) is 5.90 Å². The van der Waals surface area contributed by atoms with Crippen molar-refractivity contribution in [1.29, 1.82) is 0 Å². The summed E-state index contributed by atoms with van der Waals surface area (Å²) in [5.74, 6) is 0.551. The molecular formula is C23H26F3NO. The lowest BCUT2D eigenvalue weighted by atomic mass is 9.82. The molecule has 0 saturated carbocycles. The fourth-order valence-electron chi connectivity index (χ4n) is 3.95. The van der Waals surface area contributed by atoms with Crippen LogP contribution in [0, 0.1) is 5.41 Å². The van der Waals surface area contributed by atoms with Gasteiger partial charge in [0, 0.05) is 11.1 Å². The van der Waals surface area contributed by atoms with Gasteiger partial charge in [0.1, 0.15) is 0 Å². The zero-order valence-electron chi connectivity index (χ0n) is 16.9. The van der Waals surface area contributed by atoms with Gasteiger partial charge in [-0.2, -0.15) is 13.2 Å². The first kappa shape index (κ1) is 20.4. The van der Waals surface area contributed by atoms with Crippen LogP contribution in [0.5, 0.6) is 0 Å². The van der Waals surface area contributed by atoms with Gasteiger partial charge in [-0.25, -0.2) is 4.99 Å². The van der Waals surface area contributed by atoms with E-state index in [4.69, 9.17) is 9.73 Å².